The number of rotatable bonds is 5. The van der Waals surface area contributed by atoms with Crippen LogP contribution in [0.5, 0.6) is 0 Å². The van der Waals surface area contributed by atoms with E-state index in [0.717, 1.165) is 12.3 Å². The Morgan fingerprint density at radius 2 is 2.07 bits per heavy atom. The second-order valence-electron chi connectivity index (χ2n) is 4.11. The molecule has 0 aliphatic carbocycles. The summed E-state index contributed by atoms with van der Waals surface area (Å²) >= 11 is 1.93. The molecule has 0 fully saturated rings. The van der Waals surface area contributed by atoms with Crippen molar-refractivity contribution in [2.45, 2.75) is 52.0 Å². The van der Waals surface area contributed by atoms with E-state index in [-0.39, 0.29) is 0 Å². The largest absolute Gasteiger partial charge is 0.328 e. The summed E-state index contributed by atoms with van der Waals surface area (Å²) in [6, 6.07) is 4.83. The van der Waals surface area contributed by atoms with Crippen LogP contribution < -0.4 is 5.73 Å². The van der Waals surface area contributed by atoms with Gasteiger partial charge in [-0.1, -0.05) is 6.92 Å². The molecule has 0 amide bonds. The van der Waals surface area contributed by atoms with Gasteiger partial charge in [-0.15, -0.1) is 11.3 Å². The zero-order valence-corrected chi connectivity index (χ0v) is 10.2. The van der Waals surface area contributed by atoms with Gasteiger partial charge in [0, 0.05) is 15.8 Å². The smallest absolute Gasteiger partial charge is 0.00789 e. The zero-order chi connectivity index (χ0) is 10.6. The Morgan fingerprint density at radius 1 is 1.36 bits per heavy atom. The van der Waals surface area contributed by atoms with Crippen molar-refractivity contribution < 1.29 is 0 Å². The van der Waals surface area contributed by atoms with Gasteiger partial charge in [-0.25, -0.2) is 0 Å². The Labute approximate surface area is 91.3 Å². The molecule has 1 aromatic rings. The lowest BCUT2D eigenvalue weighted by atomic mass is 9.96. The van der Waals surface area contributed by atoms with Crippen LogP contribution in [0.15, 0.2) is 12.1 Å². The van der Waals surface area contributed by atoms with E-state index in [0.29, 0.717) is 6.04 Å². The van der Waals surface area contributed by atoms with Crippen molar-refractivity contribution in [3.8, 4) is 0 Å². The monoisotopic (exact) mass is 211 g/mol. The normalized spacial score (nSPS) is 15.4. The fraction of sp³-hybridized carbons (Fsp3) is 0.667. The van der Waals surface area contributed by atoms with E-state index in [2.05, 4.69) is 32.9 Å². The highest BCUT2D eigenvalue weighted by Gasteiger charge is 2.11. The molecule has 1 rings (SSSR count). The lowest BCUT2D eigenvalue weighted by Gasteiger charge is -2.14. The van der Waals surface area contributed by atoms with Crippen LogP contribution in [0.4, 0.5) is 0 Å². The van der Waals surface area contributed by atoms with Gasteiger partial charge in [0.25, 0.3) is 0 Å². The van der Waals surface area contributed by atoms with E-state index in [9.17, 15) is 0 Å². The summed E-state index contributed by atoms with van der Waals surface area (Å²) in [5.74, 6) is 0.722. The van der Waals surface area contributed by atoms with Gasteiger partial charge in [-0.05, 0) is 51.2 Å². The molecular weight excluding hydrogens is 190 g/mol. The first-order valence-electron chi connectivity index (χ1n) is 5.45. The molecule has 80 valence electrons. The van der Waals surface area contributed by atoms with Crippen molar-refractivity contribution >= 4 is 11.3 Å². The molecule has 0 saturated heterocycles. The van der Waals surface area contributed by atoms with E-state index in [4.69, 9.17) is 5.73 Å². The summed E-state index contributed by atoms with van der Waals surface area (Å²) in [5, 5.41) is 0. The predicted octanol–water partition coefficient (Wildman–Crippen LogP) is 3.68. The van der Waals surface area contributed by atoms with E-state index >= 15 is 0 Å². The van der Waals surface area contributed by atoms with Crippen LogP contribution in [0, 0.1) is 6.92 Å². The van der Waals surface area contributed by atoms with Crippen molar-refractivity contribution in [2.24, 2.45) is 5.73 Å². The third-order valence-corrected chi connectivity index (χ3v) is 3.79. The Hall–Kier alpha value is -0.340. The molecule has 2 unspecified atom stereocenters. The highest BCUT2D eigenvalue weighted by molar-refractivity contribution is 7.12. The SMILES string of the molecule is CCC(CCC(C)N)c1ccc(C)s1. The number of thiophene rings is 1. The van der Waals surface area contributed by atoms with Crippen molar-refractivity contribution in [1.29, 1.82) is 0 Å². The minimum absolute atomic E-state index is 0.338. The molecular formula is C12H21NS. The highest BCUT2D eigenvalue weighted by Crippen LogP contribution is 2.30. The van der Waals surface area contributed by atoms with Crippen LogP contribution >= 0.6 is 11.3 Å². The molecule has 0 aromatic carbocycles. The summed E-state index contributed by atoms with van der Waals surface area (Å²) in [6.07, 6.45) is 3.59. The summed E-state index contributed by atoms with van der Waals surface area (Å²) in [4.78, 5) is 2.95. The Morgan fingerprint density at radius 3 is 2.50 bits per heavy atom. The molecule has 2 heteroatoms. The second kappa shape index (κ2) is 5.52. The van der Waals surface area contributed by atoms with Gasteiger partial charge >= 0.3 is 0 Å². The summed E-state index contributed by atoms with van der Waals surface area (Å²) in [5.41, 5.74) is 5.78. The van der Waals surface area contributed by atoms with Crippen LogP contribution in [0.3, 0.4) is 0 Å². The van der Waals surface area contributed by atoms with Crippen LogP contribution in [0.25, 0.3) is 0 Å². The van der Waals surface area contributed by atoms with Gasteiger partial charge in [0.1, 0.15) is 0 Å². The standard InChI is InChI=1S/C12H21NS/c1-4-11(7-5-9(2)13)12-8-6-10(3)14-12/h6,8-9,11H,4-5,7,13H2,1-3H3. The van der Waals surface area contributed by atoms with Gasteiger partial charge in [-0.2, -0.15) is 0 Å². The number of hydrogen-bond donors (Lipinski definition) is 1. The maximum atomic E-state index is 5.78. The molecule has 1 nitrogen and oxygen atoms in total. The van der Waals surface area contributed by atoms with Crippen LogP contribution in [0.1, 0.15) is 48.8 Å². The second-order valence-corrected chi connectivity index (χ2v) is 5.43. The topological polar surface area (TPSA) is 26.0 Å². The van der Waals surface area contributed by atoms with E-state index < -0.39 is 0 Å². The predicted molar refractivity (Wildman–Crippen MR) is 65.0 cm³/mol. The van der Waals surface area contributed by atoms with Gasteiger partial charge in [0.05, 0.1) is 0 Å². The molecule has 1 heterocycles. The molecule has 0 saturated carbocycles. The zero-order valence-electron chi connectivity index (χ0n) is 9.42. The fourth-order valence-corrected chi connectivity index (χ4v) is 2.78. The Balaban J connectivity index is 2.54. The van der Waals surface area contributed by atoms with Crippen molar-refractivity contribution in [3.05, 3.63) is 21.9 Å². The molecule has 0 aliphatic heterocycles. The third kappa shape index (κ3) is 3.43. The molecule has 0 bridgehead atoms. The first-order chi connectivity index (χ1) is 6.63. The molecule has 1 aromatic heterocycles. The van der Waals surface area contributed by atoms with Gasteiger partial charge in [-0.3, -0.25) is 0 Å². The Bertz CT molecular complexity index is 265. The third-order valence-electron chi connectivity index (χ3n) is 2.63. The van der Waals surface area contributed by atoms with Crippen LogP contribution in [-0.2, 0) is 0 Å². The van der Waals surface area contributed by atoms with E-state index in [1.54, 1.807) is 0 Å². The van der Waals surface area contributed by atoms with Crippen molar-refractivity contribution in [2.75, 3.05) is 0 Å². The average Bonchev–Trinajstić information content (AvgIpc) is 2.53. The first-order valence-corrected chi connectivity index (χ1v) is 6.27. The maximum Gasteiger partial charge on any atom is 0.00789 e. The molecule has 2 atom stereocenters. The molecule has 0 aliphatic rings. The van der Waals surface area contributed by atoms with Gasteiger partial charge in [0.15, 0.2) is 0 Å². The number of hydrogen-bond acceptors (Lipinski definition) is 2. The van der Waals surface area contributed by atoms with E-state index in [1.807, 2.05) is 11.3 Å². The quantitative estimate of drug-likeness (QED) is 0.790. The maximum absolute atomic E-state index is 5.78. The summed E-state index contributed by atoms with van der Waals surface area (Å²) < 4.78 is 0. The van der Waals surface area contributed by atoms with Gasteiger partial charge < -0.3 is 5.73 Å². The highest BCUT2D eigenvalue weighted by atomic mass is 32.1. The Kier molecular flexibility index (Phi) is 4.63. The van der Waals surface area contributed by atoms with Crippen LogP contribution in [-0.4, -0.2) is 6.04 Å². The fourth-order valence-electron chi connectivity index (χ4n) is 1.68. The summed E-state index contributed by atoms with van der Waals surface area (Å²) in [6.45, 7) is 6.53. The minimum Gasteiger partial charge on any atom is -0.328 e. The average molecular weight is 211 g/mol. The minimum atomic E-state index is 0.338. The lowest BCUT2D eigenvalue weighted by Crippen LogP contribution is -2.15. The lowest BCUT2D eigenvalue weighted by molar-refractivity contribution is 0.538. The van der Waals surface area contributed by atoms with E-state index in [1.165, 1.54) is 22.6 Å². The van der Waals surface area contributed by atoms with Crippen molar-refractivity contribution in [1.82, 2.24) is 0 Å². The number of nitrogens with two attached hydrogens (primary N) is 1. The molecule has 0 spiro atoms. The number of aryl methyl sites for hydroxylation is 1. The van der Waals surface area contributed by atoms with Crippen LogP contribution in [0.2, 0.25) is 0 Å². The first kappa shape index (κ1) is 11.7. The van der Waals surface area contributed by atoms with Gasteiger partial charge in [0.2, 0.25) is 0 Å². The molecule has 2 N–H and O–H groups in total. The summed E-state index contributed by atoms with van der Waals surface area (Å²) in [7, 11) is 0. The van der Waals surface area contributed by atoms with Crippen molar-refractivity contribution in [3.63, 3.8) is 0 Å². The molecule has 0 radical (unpaired) electrons. The molecule has 14 heavy (non-hydrogen) atoms.